The Morgan fingerprint density at radius 1 is 0.793 bits per heavy atom. The van der Waals surface area contributed by atoms with E-state index in [9.17, 15) is 18.3 Å². The highest BCUT2D eigenvalue weighted by molar-refractivity contribution is 7.91. The van der Waals surface area contributed by atoms with Gasteiger partial charge in [-0.1, -0.05) is 78.9 Å². The molecule has 1 atom stereocenters. The lowest BCUT2D eigenvalue weighted by atomic mass is 10.0. The Morgan fingerprint density at radius 3 is 1.69 bits per heavy atom. The van der Waals surface area contributed by atoms with Crippen LogP contribution in [0, 0.1) is 0 Å². The zero-order valence-electron chi connectivity index (χ0n) is 15.7. The lowest BCUT2D eigenvalue weighted by Gasteiger charge is -2.13. The molecule has 0 bridgehead atoms. The second-order valence-electron chi connectivity index (χ2n) is 6.48. The third-order valence-corrected chi connectivity index (χ3v) is 6.19. The van der Waals surface area contributed by atoms with Crippen molar-refractivity contribution in [3.63, 3.8) is 0 Å². The number of nitrogens with zero attached hydrogens (tertiary/aromatic N) is 1. The van der Waals surface area contributed by atoms with E-state index in [0.717, 1.165) is 11.1 Å². The summed E-state index contributed by atoms with van der Waals surface area (Å²) in [7, 11) is -3.59. The number of aliphatic imine (C=N–C) groups is 1. The molecule has 6 heteroatoms. The smallest absolute Gasteiger partial charge is 0.328 e. The first kappa shape index (κ1) is 20.5. The van der Waals surface area contributed by atoms with Crippen molar-refractivity contribution in [1.29, 1.82) is 0 Å². The minimum absolute atomic E-state index is 0.115. The quantitative estimate of drug-likeness (QED) is 0.575. The Morgan fingerprint density at radius 2 is 1.24 bits per heavy atom. The topological polar surface area (TPSA) is 83.8 Å². The van der Waals surface area contributed by atoms with Gasteiger partial charge in [-0.05, 0) is 18.6 Å². The number of carboxylic acids is 1. The number of benzene rings is 3. The van der Waals surface area contributed by atoms with Gasteiger partial charge in [0.2, 0.25) is 0 Å². The summed E-state index contributed by atoms with van der Waals surface area (Å²) in [6.45, 7) is 0. The maximum atomic E-state index is 12.5. The summed E-state index contributed by atoms with van der Waals surface area (Å²) in [4.78, 5) is 16.5. The van der Waals surface area contributed by atoms with E-state index < -0.39 is 21.8 Å². The number of aliphatic carboxylic acids is 1. The van der Waals surface area contributed by atoms with Gasteiger partial charge in [0, 0.05) is 11.1 Å². The fourth-order valence-electron chi connectivity index (χ4n) is 2.92. The normalized spacial score (nSPS) is 12.1. The number of hydrogen-bond acceptors (Lipinski definition) is 4. The standard InChI is InChI=1S/C23H21NO4S/c25-23(26)21(16-17-29(27,28)20-14-8-3-9-15-20)24-22(18-10-4-1-5-11-18)19-12-6-2-7-13-19/h1-15,21H,16-17H2,(H,25,26)/t21-/m0/s1. The van der Waals surface area contributed by atoms with Crippen LogP contribution in [-0.4, -0.2) is 37.0 Å². The van der Waals surface area contributed by atoms with E-state index in [2.05, 4.69) is 4.99 Å². The molecule has 0 saturated carbocycles. The second kappa shape index (κ2) is 9.30. The van der Waals surface area contributed by atoms with Crippen LogP contribution in [0.5, 0.6) is 0 Å². The molecule has 3 aromatic rings. The summed E-state index contributed by atoms with van der Waals surface area (Å²) >= 11 is 0. The van der Waals surface area contributed by atoms with E-state index in [1.807, 2.05) is 60.7 Å². The minimum Gasteiger partial charge on any atom is -0.480 e. The largest absolute Gasteiger partial charge is 0.480 e. The first-order valence-electron chi connectivity index (χ1n) is 9.16. The molecule has 5 nitrogen and oxygen atoms in total. The van der Waals surface area contributed by atoms with Gasteiger partial charge in [0.15, 0.2) is 9.84 Å². The third-order valence-electron chi connectivity index (χ3n) is 4.43. The van der Waals surface area contributed by atoms with Gasteiger partial charge in [0.25, 0.3) is 0 Å². The summed E-state index contributed by atoms with van der Waals surface area (Å²) in [5.41, 5.74) is 2.07. The van der Waals surface area contributed by atoms with Gasteiger partial charge < -0.3 is 5.11 Å². The van der Waals surface area contributed by atoms with Crippen molar-refractivity contribution >= 4 is 21.5 Å². The van der Waals surface area contributed by atoms with Crippen LogP contribution in [0.1, 0.15) is 17.5 Å². The van der Waals surface area contributed by atoms with E-state index in [-0.39, 0.29) is 17.1 Å². The first-order chi connectivity index (χ1) is 14.0. The predicted molar refractivity (Wildman–Crippen MR) is 113 cm³/mol. The van der Waals surface area contributed by atoms with Crippen molar-refractivity contribution in [2.75, 3.05) is 5.75 Å². The zero-order valence-corrected chi connectivity index (χ0v) is 16.5. The van der Waals surface area contributed by atoms with Crippen molar-refractivity contribution in [2.45, 2.75) is 17.4 Å². The average Bonchev–Trinajstić information content (AvgIpc) is 2.75. The Hall–Kier alpha value is -3.25. The van der Waals surface area contributed by atoms with Gasteiger partial charge in [-0.25, -0.2) is 13.2 Å². The number of sulfone groups is 1. The SMILES string of the molecule is O=C(O)[C@H](CCS(=O)(=O)c1ccccc1)N=C(c1ccccc1)c1ccccc1. The van der Waals surface area contributed by atoms with Crippen molar-refractivity contribution in [1.82, 2.24) is 0 Å². The summed E-state index contributed by atoms with van der Waals surface area (Å²) in [5, 5.41) is 9.68. The molecule has 3 aromatic carbocycles. The number of hydrogen-bond donors (Lipinski definition) is 1. The molecule has 0 amide bonds. The van der Waals surface area contributed by atoms with Crippen LogP contribution < -0.4 is 0 Å². The first-order valence-corrected chi connectivity index (χ1v) is 10.8. The number of carboxylic acid groups (broad SMARTS) is 1. The van der Waals surface area contributed by atoms with E-state index >= 15 is 0 Å². The molecule has 0 saturated heterocycles. The van der Waals surface area contributed by atoms with Crippen molar-refractivity contribution in [2.24, 2.45) is 4.99 Å². The molecule has 29 heavy (non-hydrogen) atoms. The van der Waals surface area contributed by atoms with Crippen LogP contribution in [0.2, 0.25) is 0 Å². The lowest BCUT2D eigenvalue weighted by Crippen LogP contribution is -2.24. The van der Waals surface area contributed by atoms with Crippen LogP contribution in [0.25, 0.3) is 0 Å². The molecule has 0 aliphatic carbocycles. The molecule has 0 unspecified atom stereocenters. The van der Waals surface area contributed by atoms with Gasteiger partial charge >= 0.3 is 5.97 Å². The molecule has 0 aromatic heterocycles. The Kier molecular flexibility index (Phi) is 6.57. The molecule has 1 N–H and O–H groups in total. The second-order valence-corrected chi connectivity index (χ2v) is 8.59. The highest BCUT2D eigenvalue weighted by atomic mass is 32.2. The molecular weight excluding hydrogens is 386 g/mol. The Labute approximate surface area is 170 Å². The van der Waals surface area contributed by atoms with E-state index in [1.165, 1.54) is 12.1 Å². The third kappa shape index (κ3) is 5.39. The van der Waals surface area contributed by atoms with Crippen molar-refractivity contribution in [3.05, 3.63) is 102 Å². The molecule has 148 valence electrons. The molecule has 0 fully saturated rings. The molecule has 3 rings (SSSR count). The van der Waals surface area contributed by atoms with Crippen molar-refractivity contribution < 1.29 is 18.3 Å². The summed E-state index contributed by atoms with van der Waals surface area (Å²) in [5.74, 6) is -1.45. The van der Waals surface area contributed by atoms with Crippen LogP contribution in [0.3, 0.4) is 0 Å². The Balaban J connectivity index is 1.92. The summed E-state index contributed by atoms with van der Waals surface area (Å²) in [6, 6.07) is 25.4. The van der Waals surface area contributed by atoms with Gasteiger partial charge in [0.1, 0.15) is 6.04 Å². The van der Waals surface area contributed by atoms with Crippen LogP contribution in [0.4, 0.5) is 0 Å². The molecule has 0 heterocycles. The predicted octanol–water partition coefficient (Wildman–Crippen LogP) is 3.84. The molecule has 0 spiro atoms. The zero-order chi connectivity index (χ0) is 20.7. The fourth-order valence-corrected chi connectivity index (χ4v) is 4.26. The van der Waals surface area contributed by atoms with Gasteiger partial charge in [0.05, 0.1) is 16.4 Å². The highest BCUT2D eigenvalue weighted by Crippen LogP contribution is 2.16. The van der Waals surface area contributed by atoms with Gasteiger partial charge in [-0.2, -0.15) is 0 Å². The molecule has 0 aliphatic heterocycles. The summed E-state index contributed by atoms with van der Waals surface area (Å²) < 4.78 is 25.1. The molecule has 0 radical (unpaired) electrons. The lowest BCUT2D eigenvalue weighted by molar-refractivity contribution is -0.138. The van der Waals surface area contributed by atoms with E-state index in [4.69, 9.17) is 0 Å². The summed E-state index contributed by atoms with van der Waals surface area (Å²) in [6.07, 6.45) is -0.115. The maximum Gasteiger partial charge on any atom is 0.328 e. The highest BCUT2D eigenvalue weighted by Gasteiger charge is 2.23. The average molecular weight is 407 g/mol. The number of rotatable bonds is 8. The van der Waals surface area contributed by atoms with Gasteiger partial charge in [-0.3, -0.25) is 4.99 Å². The molecule has 0 aliphatic rings. The van der Waals surface area contributed by atoms with E-state index in [1.54, 1.807) is 18.2 Å². The van der Waals surface area contributed by atoms with Crippen molar-refractivity contribution in [3.8, 4) is 0 Å². The fraction of sp³-hybridized carbons (Fsp3) is 0.130. The minimum atomic E-state index is -3.59. The molecular formula is C23H21NO4S. The number of carbonyl (C=O) groups is 1. The maximum absolute atomic E-state index is 12.5. The van der Waals surface area contributed by atoms with Crippen LogP contribution in [-0.2, 0) is 14.6 Å². The van der Waals surface area contributed by atoms with Gasteiger partial charge in [-0.15, -0.1) is 0 Å². The monoisotopic (exact) mass is 407 g/mol. The van der Waals surface area contributed by atoms with Crippen LogP contribution >= 0.6 is 0 Å². The van der Waals surface area contributed by atoms with Crippen LogP contribution in [0.15, 0.2) is 101 Å². The Bertz CT molecular complexity index is 1040. The van der Waals surface area contributed by atoms with E-state index in [0.29, 0.717) is 5.71 Å².